The Labute approximate surface area is 88.7 Å². The molecule has 2 aromatic rings. The number of carbonyl (C=O) groups excluding carboxylic acids is 1. The van der Waals surface area contributed by atoms with Crippen LogP contribution in [0.25, 0.3) is 11.0 Å². The van der Waals surface area contributed by atoms with Crippen molar-refractivity contribution in [1.29, 1.82) is 0 Å². The number of benzene rings is 1. The first-order chi connectivity index (χ1) is 7.04. The second-order valence-corrected chi connectivity index (χ2v) is 4.65. The fourth-order valence-corrected chi connectivity index (χ4v) is 1.68. The summed E-state index contributed by atoms with van der Waals surface area (Å²) in [6.45, 7) is 6.15. The van der Waals surface area contributed by atoms with Gasteiger partial charge in [0.2, 0.25) is 6.41 Å². The number of fused-ring (bicyclic) bond motifs is 1. The van der Waals surface area contributed by atoms with E-state index < -0.39 is 0 Å². The minimum atomic E-state index is -0.125. The maximum absolute atomic E-state index is 11.1. The third-order valence-corrected chi connectivity index (χ3v) is 2.37. The summed E-state index contributed by atoms with van der Waals surface area (Å²) in [7, 11) is 0. The van der Waals surface area contributed by atoms with E-state index in [2.05, 4.69) is 4.98 Å². The van der Waals surface area contributed by atoms with Crippen molar-refractivity contribution in [2.45, 2.75) is 26.2 Å². The van der Waals surface area contributed by atoms with Gasteiger partial charge in [-0.25, -0.2) is 4.98 Å². The first-order valence-electron chi connectivity index (χ1n) is 4.97. The highest BCUT2D eigenvalue weighted by Gasteiger charge is 2.22. The van der Waals surface area contributed by atoms with Crippen molar-refractivity contribution in [3.8, 4) is 0 Å². The fraction of sp³-hybridized carbons (Fsp3) is 0.333. The highest BCUT2D eigenvalue weighted by atomic mass is 16.1. The van der Waals surface area contributed by atoms with Gasteiger partial charge in [-0.2, -0.15) is 0 Å². The van der Waals surface area contributed by atoms with E-state index in [1.165, 1.54) is 0 Å². The monoisotopic (exact) mass is 202 g/mol. The first-order valence-corrected chi connectivity index (χ1v) is 4.97. The molecule has 1 aromatic carbocycles. The van der Waals surface area contributed by atoms with E-state index in [1.807, 2.05) is 45.0 Å². The molecule has 0 radical (unpaired) electrons. The Morgan fingerprint density at radius 2 is 1.93 bits per heavy atom. The molecule has 0 saturated carbocycles. The van der Waals surface area contributed by atoms with Gasteiger partial charge in [0.25, 0.3) is 0 Å². The van der Waals surface area contributed by atoms with E-state index in [1.54, 1.807) is 4.57 Å². The van der Waals surface area contributed by atoms with Crippen LogP contribution in [0.3, 0.4) is 0 Å². The van der Waals surface area contributed by atoms with Crippen LogP contribution >= 0.6 is 0 Å². The van der Waals surface area contributed by atoms with Gasteiger partial charge in [0.05, 0.1) is 11.0 Å². The molecule has 0 aliphatic heterocycles. The molecule has 3 heteroatoms. The number of aromatic nitrogens is 2. The average Bonchev–Trinajstić information content (AvgIpc) is 2.55. The Kier molecular flexibility index (Phi) is 2.11. The van der Waals surface area contributed by atoms with Gasteiger partial charge in [-0.3, -0.25) is 9.36 Å². The molecule has 0 spiro atoms. The van der Waals surface area contributed by atoms with Crippen LogP contribution < -0.4 is 0 Å². The van der Waals surface area contributed by atoms with Crippen molar-refractivity contribution in [3.63, 3.8) is 0 Å². The number of nitrogens with zero attached hydrogens (tertiary/aromatic N) is 2. The maximum atomic E-state index is 11.1. The van der Waals surface area contributed by atoms with Gasteiger partial charge >= 0.3 is 0 Å². The standard InChI is InChI=1S/C12H14N2O/c1-12(2,3)11-13-9-6-4-5-7-10(9)14(11)8-15/h4-8H,1-3H3. The predicted octanol–water partition coefficient (Wildman–Crippen LogP) is 2.37. The molecular formula is C12H14N2O. The van der Waals surface area contributed by atoms with Crippen LogP contribution in [0.5, 0.6) is 0 Å². The number of rotatable bonds is 1. The van der Waals surface area contributed by atoms with Gasteiger partial charge < -0.3 is 0 Å². The molecule has 0 aliphatic rings. The molecule has 2 rings (SSSR count). The van der Waals surface area contributed by atoms with Crippen molar-refractivity contribution in [3.05, 3.63) is 30.1 Å². The third kappa shape index (κ3) is 1.54. The third-order valence-electron chi connectivity index (χ3n) is 2.37. The molecule has 0 saturated heterocycles. The van der Waals surface area contributed by atoms with Crippen molar-refractivity contribution in [1.82, 2.24) is 9.55 Å². The number of carbonyl (C=O) groups is 1. The average molecular weight is 202 g/mol. The maximum Gasteiger partial charge on any atom is 0.219 e. The Morgan fingerprint density at radius 1 is 1.27 bits per heavy atom. The van der Waals surface area contributed by atoms with Crippen LogP contribution in [0.1, 0.15) is 26.6 Å². The summed E-state index contributed by atoms with van der Waals surface area (Å²) in [6, 6.07) is 7.67. The minimum Gasteiger partial charge on any atom is -0.278 e. The van der Waals surface area contributed by atoms with E-state index in [-0.39, 0.29) is 5.41 Å². The van der Waals surface area contributed by atoms with Crippen LogP contribution in [0.2, 0.25) is 0 Å². The lowest BCUT2D eigenvalue weighted by Crippen LogP contribution is -2.18. The molecule has 0 atom stereocenters. The van der Waals surface area contributed by atoms with Crippen LogP contribution in [0.4, 0.5) is 0 Å². The molecule has 0 bridgehead atoms. The van der Waals surface area contributed by atoms with E-state index in [9.17, 15) is 4.79 Å². The Bertz CT molecular complexity index is 506. The molecule has 1 aromatic heterocycles. The Balaban J connectivity index is 2.81. The smallest absolute Gasteiger partial charge is 0.219 e. The molecule has 0 amide bonds. The second kappa shape index (κ2) is 3.19. The molecule has 0 N–H and O–H groups in total. The fourth-order valence-electron chi connectivity index (χ4n) is 1.68. The number of para-hydroxylation sites is 2. The number of hydrogen-bond donors (Lipinski definition) is 0. The minimum absolute atomic E-state index is 0.125. The SMILES string of the molecule is CC(C)(C)c1nc2ccccc2n1C=O. The van der Waals surface area contributed by atoms with Gasteiger partial charge in [-0.1, -0.05) is 32.9 Å². The molecule has 1 heterocycles. The molecule has 0 unspecified atom stereocenters. The van der Waals surface area contributed by atoms with Crippen LogP contribution in [-0.2, 0) is 10.2 Å². The normalized spacial score (nSPS) is 11.9. The molecule has 0 aliphatic carbocycles. The lowest BCUT2D eigenvalue weighted by Gasteiger charge is -2.16. The van der Waals surface area contributed by atoms with Gasteiger partial charge in [-0.15, -0.1) is 0 Å². The first kappa shape index (κ1) is 9.90. The van der Waals surface area contributed by atoms with Gasteiger partial charge in [0.1, 0.15) is 5.82 Å². The molecule has 0 fully saturated rings. The topological polar surface area (TPSA) is 34.9 Å². The van der Waals surface area contributed by atoms with Gasteiger partial charge in [-0.05, 0) is 12.1 Å². The highest BCUT2D eigenvalue weighted by molar-refractivity contribution is 5.82. The lowest BCUT2D eigenvalue weighted by atomic mass is 9.96. The Morgan fingerprint density at radius 3 is 2.53 bits per heavy atom. The zero-order valence-corrected chi connectivity index (χ0v) is 9.19. The zero-order valence-electron chi connectivity index (χ0n) is 9.19. The quantitative estimate of drug-likeness (QED) is 0.665. The van der Waals surface area contributed by atoms with Crippen LogP contribution in [0.15, 0.2) is 24.3 Å². The van der Waals surface area contributed by atoms with E-state index in [0.29, 0.717) is 0 Å². The van der Waals surface area contributed by atoms with Crippen molar-refractivity contribution in [2.24, 2.45) is 0 Å². The van der Waals surface area contributed by atoms with E-state index in [0.717, 1.165) is 23.3 Å². The van der Waals surface area contributed by atoms with Crippen LogP contribution in [-0.4, -0.2) is 16.0 Å². The lowest BCUT2D eigenvalue weighted by molar-refractivity contribution is 0.516. The highest BCUT2D eigenvalue weighted by Crippen LogP contribution is 2.24. The summed E-state index contributed by atoms with van der Waals surface area (Å²) in [5.41, 5.74) is 1.62. The van der Waals surface area contributed by atoms with E-state index >= 15 is 0 Å². The Hall–Kier alpha value is -1.64. The van der Waals surface area contributed by atoms with Crippen LogP contribution in [0, 0.1) is 0 Å². The summed E-state index contributed by atoms with van der Waals surface area (Å²) in [4.78, 5) is 15.6. The summed E-state index contributed by atoms with van der Waals surface area (Å²) < 4.78 is 1.62. The van der Waals surface area contributed by atoms with Crippen molar-refractivity contribution >= 4 is 17.4 Å². The summed E-state index contributed by atoms with van der Waals surface area (Å²) >= 11 is 0. The van der Waals surface area contributed by atoms with E-state index in [4.69, 9.17) is 0 Å². The summed E-state index contributed by atoms with van der Waals surface area (Å²) in [6.07, 6.45) is 0.829. The molecular weight excluding hydrogens is 188 g/mol. The second-order valence-electron chi connectivity index (χ2n) is 4.65. The van der Waals surface area contributed by atoms with Crippen molar-refractivity contribution < 1.29 is 4.79 Å². The predicted molar refractivity (Wildman–Crippen MR) is 60.6 cm³/mol. The summed E-state index contributed by atoms with van der Waals surface area (Å²) in [5.74, 6) is 0.804. The largest absolute Gasteiger partial charge is 0.278 e. The number of imidazole rings is 1. The number of hydrogen-bond acceptors (Lipinski definition) is 2. The van der Waals surface area contributed by atoms with Gasteiger partial charge in [0.15, 0.2) is 0 Å². The van der Waals surface area contributed by atoms with Gasteiger partial charge in [0, 0.05) is 5.41 Å². The van der Waals surface area contributed by atoms with Crippen molar-refractivity contribution in [2.75, 3.05) is 0 Å². The summed E-state index contributed by atoms with van der Waals surface area (Å²) in [5, 5.41) is 0. The molecule has 3 nitrogen and oxygen atoms in total. The zero-order chi connectivity index (χ0) is 11.1. The molecule has 15 heavy (non-hydrogen) atoms. The molecule has 78 valence electrons.